The molecule has 4 rings (SSSR count). The van der Waals surface area contributed by atoms with Crippen molar-refractivity contribution >= 4 is 28.7 Å². The van der Waals surface area contributed by atoms with Gasteiger partial charge in [-0.2, -0.15) is 0 Å². The number of allylic oxidation sites excluding steroid dienone is 1. The van der Waals surface area contributed by atoms with Crippen LogP contribution in [0.25, 0.3) is 0 Å². The highest BCUT2D eigenvalue weighted by Crippen LogP contribution is 2.45. The summed E-state index contributed by atoms with van der Waals surface area (Å²) in [6.45, 7) is 9.70. The van der Waals surface area contributed by atoms with E-state index < -0.39 is 0 Å². The van der Waals surface area contributed by atoms with Gasteiger partial charge in [-0.05, 0) is 50.8 Å². The number of fused-ring (bicyclic) bond motifs is 1. The number of benzene rings is 1. The van der Waals surface area contributed by atoms with E-state index in [0.717, 1.165) is 33.4 Å². The van der Waals surface area contributed by atoms with Crippen LogP contribution in [-0.2, 0) is 16.0 Å². The van der Waals surface area contributed by atoms with Gasteiger partial charge in [0.15, 0.2) is 5.17 Å². The number of carbonyl (C=O) groups excluding carboxylic acids is 2. The molecule has 188 valence electrons. The van der Waals surface area contributed by atoms with Crippen LogP contribution in [0.4, 0.5) is 0 Å². The second-order valence-electron chi connectivity index (χ2n) is 8.88. The Kier molecular flexibility index (Phi) is 8.25. The van der Waals surface area contributed by atoms with E-state index in [0.29, 0.717) is 31.6 Å². The van der Waals surface area contributed by atoms with E-state index >= 15 is 0 Å². The van der Waals surface area contributed by atoms with Gasteiger partial charge in [-0.25, -0.2) is 4.99 Å². The summed E-state index contributed by atoms with van der Waals surface area (Å²) in [5.41, 5.74) is 5.34. The average Bonchev–Trinajstić information content (AvgIpc) is 3.26. The van der Waals surface area contributed by atoms with Crippen LogP contribution in [-0.4, -0.2) is 51.4 Å². The first kappa shape index (κ1) is 25.7. The number of aromatic nitrogens is 1. The molecule has 0 spiro atoms. The highest BCUT2D eigenvalue weighted by Gasteiger charge is 2.41. The lowest BCUT2D eigenvalue weighted by atomic mass is 9.92. The monoisotopic (exact) mass is 503 g/mol. The fourth-order valence-corrected chi connectivity index (χ4v) is 5.46. The van der Waals surface area contributed by atoms with Crippen molar-refractivity contribution in [3.63, 3.8) is 0 Å². The Morgan fingerprint density at radius 2 is 1.83 bits per heavy atom. The van der Waals surface area contributed by atoms with Gasteiger partial charge < -0.3 is 15.1 Å². The summed E-state index contributed by atoms with van der Waals surface area (Å²) in [5, 5.41) is 5.79. The van der Waals surface area contributed by atoms with Crippen molar-refractivity contribution in [2.24, 2.45) is 4.99 Å². The number of thioether (sulfide) groups is 1. The molecule has 7 nitrogen and oxygen atoms in total. The molecule has 0 saturated heterocycles. The number of nitrogens with zero attached hydrogens (tertiary/aromatic N) is 4. The number of aryl methyl sites for hydroxylation is 1. The van der Waals surface area contributed by atoms with E-state index in [1.165, 1.54) is 11.8 Å². The molecule has 2 aromatic rings. The smallest absolute Gasteiger partial charge is 0.254 e. The molecule has 0 aliphatic carbocycles. The van der Waals surface area contributed by atoms with Crippen LogP contribution in [0.2, 0.25) is 0 Å². The Hall–Kier alpha value is -3.39. The Bertz CT molecular complexity index is 1200. The molecule has 3 heterocycles. The topological polar surface area (TPSA) is 77.9 Å². The minimum atomic E-state index is -0.339. The quantitative estimate of drug-likeness (QED) is 0.542. The van der Waals surface area contributed by atoms with Gasteiger partial charge in [0.25, 0.3) is 5.91 Å². The largest absolute Gasteiger partial charge is 0.355 e. The van der Waals surface area contributed by atoms with Crippen molar-refractivity contribution in [2.45, 2.75) is 46.6 Å². The zero-order valence-corrected chi connectivity index (χ0v) is 22.1. The zero-order valence-electron chi connectivity index (χ0n) is 21.3. The van der Waals surface area contributed by atoms with Crippen LogP contribution >= 0.6 is 11.8 Å². The molecule has 1 aromatic heterocycles. The number of amidine groups is 1. The van der Waals surface area contributed by atoms with Crippen molar-refractivity contribution in [1.82, 2.24) is 20.1 Å². The Balaban J connectivity index is 1.58. The number of hydrogen-bond acceptors (Lipinski definition) is 6. The molecule has 36 heavy (non-hydrogen) atoms. The summed E-state index contributed by atoms with van der Waals surface area (Å²) >= 11 is 1.50. The normalized spacial score (nSPS) is 16.9. The van der Waals surface area contributed by atoms with Crippen molar-refractivity contribution in [3.05, 3.63) is 87.9 Å². The van der Waals surface area contributed by atoms with Crippen molar-refractivity contribution in [1.29, 1.82) is 0 Å². The first-order valence-electron chi connectivity index (χ1n) is 12.4. The van der Waals surface area contributed by atoms with Crippen molar-refractivity contribution in [2.75, 3.05) is 19.6 Å². The van der Waals surface area contributed by atoms with E-state index in [1.54, 1.807) is 6.20 Å². The molecule has 1 atom stereocenters. The lowest BCUT2D eigenvalue weighted by Gasteiger charge is -2.38. The number of aliphatic imine (C=N–C) groups is 1. The average molecular weight is 504 g/mol. The Morgan fingerprint density at radius 3 is 2.50 bits per heavy atom. The molecule has 2 aliphatic heterocycles. The summed E-state index contributed by atoms with van der Waals surface area (Å²) in [7, 11) is 0. The zero-order chi connectivity index (χ0) is 25.7. The predicted octanol–water partition coefficient (Wildman–Crippen LogP) is 4.58. The van der Waals surface area contributed by atoms with Crippen LogP contribution in [0.3, 0.4) is 0 Å². The van der Waals surface area contributed by atoms with Gasteiger partial charge in [0.05, 0.1) is 23.7 Å². The summed E-state index contributed by atoms with van der Waals surface area (Å²) in [6, 6.07) is 13.7. The second-order valence-corrected chi connectivity index (χ2v) is 9.72. The third kappa shape index (κ3) is 5.54. The molecule has 0 bridgehead atoms. The minimum absolute atomic E-state index is 0.0121. The van der Waals surface area contributed by atoms with Gasteiger partial charge in [0.1, 0.15) is 0 Å². The lowest BCUT2D eigenvalue weighted by Crippen LogP contribution is -2.42. The minimum Gasteiger partial charge on any atom is -0.355 e. The molecule has 8 heteroatoms. The molecule has 0 fully saturated rings. The first-order chi connectivity index (χ1) is 17.4. The maximum absolute atomic E-state index is 13.7. The molecule has 2 aliphatic rings. The van der Waals surface area contributed by atoms with Crippen molar-refractivity contribution in [3.8, 4) is 0 Å². The number of rotatable bonds is 9. The number of amides is 2. The van der Waals surface area contributed by atoms with Crippen LogP contribution in [0.5, 0.6) is 0 Å². The van der Waals surface area contributed by atoms with Gasteiger partial charge >= 0.3 is 0 Å². The highest BCUT2D eigenvalue weighted by molar-refractivity contribution is 8.16. The number of hydrogen-bond donors (Lipinski definition) is 1. The van der Waals surface area contributed by atoms with Gasteiger partial charge in [0, 0.05) is 43.6 Å². The maximum Gasteiger partial charge on any atom is 0.254 e. The first-order valence-corrected chi connectivity index (χ1v) is 13.3. The molecule has 0 saturated carbocycles. The third-order valence-corrected chi connectivity index (χ3v) is 7.33. The van der Waals surface area contributed by atoms with E-state index in [1.807, 2.05) is 56.2 Å². The number of nitrogens with one attached hydrogen (secondary N) is 1. The van der Waals surface area contributed by atoms with Gasteiger partial charge in [-0.3, -0.25) is 14.6 Å². The molecule has 1 aromatic carbocycles. The van der Waals surface area contributed by atoms with E-state index in [9.17, 15) is 9.59 Å². The van der Waals surface area contributed by atoms with E-state index in [4.69, 9.17) is 4.99 Å². The Morgan fingerprint density at radius 1 is 1.08 bits per heavy atom. The summed E-state index contributed by atoms with van der Waals surface area (Å²) in [6.07, 6.45) is 2.64. The van der Waals surface area contributed by atoms with Crippen LogP contribution in [0.1, 0.15) is 50.1 Å². The molecular weight excluding hydrogens is 470 g/mol. The van der Waals surface area contributed by atoms with Crippen LogP contribution in [0, 0.1) is 6.92 Å². The van der Waals surface area contributed by atoms with Crippen LogP contribution in [0.15, 0.2) is 76.0 Å². The number of pyridine rings is 1. The lowest BCUT2D eigenvalue weighted by molar-refractivity contribution is -0.127. The van der Waals surface area contributed by atoms with Gasteiger partial charge in [0.2, 0.25) is 5.91 Å². The number of carbonyl (C=O) groups is 2. The standard InChI is InChI=1S/C28H33N5O2S/c1-5-32(6-2)27(35)25-20(4)31-28-33(26(25)21-12-10-19(3)11-13-21)23(18-36-28)17-24(34)30-16-14-22-9-7-8-15-29-22/h7-13,15,18,26H,5-6,14,16-17H2,1-4H3,(H,30,34). The van der Waals surface area contributed by atoms with Crippen molar-refractivity contribution < 1.29 is 9.59 Å². The highest BCUT2D eigenvalue weighted by atomic mass is 32.2. The maximum atomic E-state index is 13.7. The summed E-state index contributed by atoms with van der Waals surface area (Å²) in [5.74, 6) is -0.0773. The predicted molar refractivity (Wildman–Crippen MR) is 145 cm³/mol. The molecule has 0 radical (unpaired) electrons. The molecule has 1 unspecified atom stereocenters. The molecule has 1 N–H and O–H groups in total. The fourth-order valence-electron chi connectivity index (χ4n) is 4.49. The summed E-state index contributed by atoms with van der Waals surface area (Å²) in [4.78, 5) is 39.6. The molecular formula is C28H33N5O2S. The van der Waals surface area contributed by atoms with E-state index in [-0.39, 0.29) is 24.3 Å². The van der Waals surface area contributed by atoms with Gasteiger partial charge in [-0.1, -0.05) is 47.7 Å². The molecule has 2 amide bonds. The van der Waals surface area contributed by atoms with E-state index in [2.05, 4.69) is 39.5 Å². The number of likely N-dealkylation sites (N-methyl/N-ethyl adjacent to an activating group) is 1. The van der Waals surface area contributed by atoms with Gasteiger partial charge in [-0.15, -0.1) is 0 Å². The fraction of sp³-hybridized carbons (Fsp3) is 0.357. The Labute approximate surface area is 217 Å². The third-order valence-electron chi connectivity index (χ3n) is 6.45. The SMILES string of the molecule is CCN(CC)C(=O)C1=C(C)N=C2SC=C(CC(=O)NCCc3ccccn3)N2C1c1ccc(C)cc1. The van der Waals surface area contributed by atoms with Crippen LogP contribution < -0.4 is 5.32 Å². The summed E-state index contributed by atoms with van der Waals surface area (Å²) < 4.78 is 0. The second kappa shape index (κ2) is 11.6.